The molecule has 0 amide bonds. The molecule has 0 fully saturated rings. The van der Waals surface area contributed by atoms with Crippen LogP contribution >= 0.6 is 11.8 Å². The summed E-state index contributed by atoms with van der Waals surface area (Å²) < 4.78 is 12.1. The average Bonchev–Trinajstić information content (AvgIpc) is 2.00. The molecule has 1 unspecified atom stereocenters. The zero-order valence-corrected chi connectivity index (χ0v) is 7.16. The van der Waals surface area contributed by atoms with Gasteiger partial charge in [-0.2, -0.15) is 11.8 Å². The van der Waals surface area contributed by atoms with Crippen molar-refractivity contribution in [3.63, 3.8) is 0 Å². The minimum Gasteiger partial charge on any atom is -0.480 e. The van der Waals surface area contributed by atoms with E-state index in [9.17, 15) is 9.18 Å². The summed E-state index contributed by atoms with van der Waals surface area (Å²) in [5.74, 6) is -0.707. The van der Waals surface area contributed by atoms with Crippen LogP contribution in [0.25, 0.3) is 0 Å². The van der Waals surface area contributed by atoms with Gasteiger partial charge in [0.05, 0.1) is 0 Å². The Labute approximate surface area is 69.1 Å². The standard InChI is InChI=1S/C6H12FNO2S/c1-11-3-2-6(8,4-7)5(9)10/h2-4,8H2,1H3,(H,9,10). The molecule has 66 valence electrons. The molecule has 0 radical (unpaired) electrons. The third kappa shape index (κ3) is 3.07. The highest BCUT2D eigenvalue weighted by Crippen LogP contribution is 2.11. The first-order valence-corrected chi connectivity index (χ1v) is 4.53. The molecule has 0 heterocycles. The Morgan fingerprint density at radius 2 is 2.36 bits per heavy atom. The van der Waals surface area contributed by atoms with Crippen molar-refractivity contribution in [2.75, 3.05) is 18.7 Å². The first-order valence-electron chi connectivity index (χ1n) is 3.14. The van der Waals surface area contributed by atoms with Gasteiger partial charge in [-0.1, -0.05) is 0 Å². The molecule has 0 saturated heterocycles. The van der Waals surface area contributed by atoms with E-state index in [0.717, 1.165) is 0 Å². The summed E-state index contributed by atoms with van der Waals surface area (Å²) in [5, 5.41) is 8.48. The number of hydrogen-bond acceptors (Lipinski definition) is 3. The fourth-order valence-corrected chi connectivity index (χ4v) is 1.08. The number of alkyl halides is 1. The van der Waals surface area contributed by atoms with E-state index in [1.807, 2.05) is 6.26 Å². The summed E-state index contributed by atoms with van der Waals surface area (Å²) >= 11 is 1.45. The Hall–Kier alpha value is -0.290. The van der Waals surface area contributed by atoms with E-state index in [4.69, 9.17) is 10.8 Å². The van der Waals surface area contributed by atoms with Gasteiger partial charge >= 0.3 is 5.97 Å². The normalized spacial score (nSPS) is 15.9. The first-order chi connectivity index (χ1) is 5.06. The highest BCUT2D eigenvalue weighted by molar-refractivity contribution is 7.98. The van der Waals surface area contributed by atoms with Crippen LogP contribution in [0.1, 0.15) is 6.42 Å². The van der Waals surface area contributed by atoms with Crippen LogP contribution in [0.4, 0.5) is 4.39 Å². The lowest BCUT2D eigenvalue weighted by Gasteiger charge is -2.19. The number of halogens is 1. The van der Waals surface area contributed by atoms with E-state index in [1.165, 1.54) is 11.8 Å². The van der Waals surface area contributed by atoms with Crippen LogP contribution in [0.3, 0.4) is 0 Å². The molecule has 0 bridgehead atoms. The predicted octanol–water partition coefficient (Wildman–Crippen LogP) is 0.491. The number of carboxylic acids is 1. The molecule has 0 aliphatic heterocycles. The summed E-state index contributed by atoms with van der Waals surface area (Å²) in [7, 11) is 0. The lowest BCUT2D eigenvalue weighted by Crippen LogP contribution is -2.50. The number of aliphatic carboxylic acids is 1. The maximum Gasteiger partial charge on any atom is 0.326 e. The van der Waals surface area contributed by atoms with Crippen molar-refractivity contribution < 1.29 is 14.3 Å². The van der Waals surface area contributed by atoms with Gasteiger partial charge < -0.3 is 10.8 Å². The molecule has 0 spiro atoms. The van der Waals surface area contributed by atoms with Crippen LogP contribution in [0.2, 0.25) is 0 Å². The van der Waals surface area contributed by atoms with Crippen LogP contribution < -0.4 is 5.73 Å². The second-order valence-corrected chi connectivity index (χ2v) is 3.32. The Morgan fingerprint density at radius 3 is 2.64 bits per heavy atom. The Balaban J connectivity index is 3.99. The van der Waals surface area contributed by atoms with Crippen molar-refractivity contribution in [1.29, 1.82) is 0 Å². The summed E-state index contributed by atoms with van der Waals surface area (Å²) in [5.41, 5.74) is 3.56. The van der Waals surface area contributed by atoms with Crippen LogP contribution in [-0.2, 0) is 4.79 Å². The molecule has 3 N–H and O–H groups in total. The van der Waals surface area contributed by atoms with Crippen LogP contribution in [0.5, 0.6) is 0 Å². The molecule has 0 aromatic rings. The summed E-state index contributed by atoms with van der Waals surface area (Å²) in [6.45, 7) is -1.01. The van der Waals surface area contributed by atoms with Gasteiger partial charge in [-0.25, -0.2) is 4.39 Å². The highest BCUT2D eigenvalue weighted by Gasteiger charge is 2.33. The molecule has 0 rings (SSSR count). The molecular formula is C6H12FNO2S. The molecule has 0 aromatic heterocycles. The van der Waals surface area contributed by atoms with Gasteiger partial charge in [0.25, 0.3) is 0 Å². The smallest absolute Gasteiger partial charge is 0.326 e. The third-order valence-electron chi connectivity index (χ3n) is 1.42. The number of nitrogens with two attached hydrogens (primary N) is 1. The van der Waals surface area contributed by atoms with Crippen molar-refractivity contribution in [1.82, 2.24) is 0 Å². The van der Waals surface area contributed by atoms with Gasteiger partial charge in [0, 0.05) is 0 Å². The van der Waals surface area contributed by atoms with E-state index >= 15 is 0 Å². The maximum atomic E-state index is 12.1. The predicted molar refractivity (Wildman–Crippen MR) is 43.5 cm³/mol. The lowest BCUT2D eigenvalue weighted by molar-refractivity contribution is -0.144. The van der Waals surface area contributed by atoms with E-state index in [1.54, 1.807) is 0 Å². The molecule has 11 heavy (non-hydrogen) atoms. The van der Waals surface area contributed by atoms with E-state index in [0.29, 0.717) is 5.75 Å². The van der Waals surface area contributed by atoms with E-state index < -0.39 is 18.2 Å². The Morgan fingerprint density at radius 1 is 1.82 bits per heavy atom. The maximum absolute atomic E-state index is 12.1. The van der Waals surface area contributed by atoms with Gasteiger partial charge in [-0.15, -0.1) is 0 Å². The van der Waals surface area contributed by atoms with Crippen LogP contribution in [0.15, 0.2) is 0 Å². The van der Waals surface area contributed by atoms with Gasteiger partial charge in [0.1, 0.15) is 12.2 Å². The first kappa shape index (κ1) is 10.7. The number of hydrogen-bond donors (Lipinski definition) is 2. The van der Waals surface area contributed by atoms with Crippen molar-refractivity contribution >= 4 is 17.7 Å². The van der Waals surface area contributed by atoms with Crippen molar-refractivity contribution in [2.45, 2.75) is 12.0 Å². The number of carbonyl (C=O) groups is 1. The topological polar surface area (TPSA) is 63.3 Å². The van der Waals surface area contributed by atoms with Gasteiger partial charge in [-0.05, 0) is 18.4 Å². The molecule has 1 atom stereocenters. The minimum atomic E-state index is -1.68. The van der Waals surface area contributed by atoms with E-state index in [2.05, 4.69) is 0 Å². The highest BCUT2D eigenvalue weighted by atomic mass is 32.2. The molecule has 3 nitrogen and oxygen atoms in total. The third-order valence-corrected chi connectivity index (χ3v) is 2.03. The van der Waals surface area contributed by atoms with Gasteiger partial charge in [0.2, 0.25) is 0 Å². The van der Waals surface area contributed by atoms with Gasteiger partial charge in [-0.3, -0.25) is 4.79 Å². The molecular weight excluding hydrogens is 169 g/mol. The van der Waals surface area contributed by atoms with E-state index in [-0.39, 0.29) is 6.42 Å². The van der Waals surface area contributed by atoms with Crippen molar-refractivity contribution in [3.05, 3.63) is 0 Å². The number of thioether (sulfide) groups is 1. The molecule has 0 aromatic carbocycles. The summed E-state index contributed by atoms with van der Waals surface area (Å²) in [6.07, 6.45) is 1.99. The van der Waals surface area contributed by atoms with Crippen LogP contribution in [-0.4, -0.2) is 35.3 Å². The Bertz CT molecular complexity index is 145. The Kier molecular flexibility index (Phi) is 4.44. The summed E-state index contributed by atoms with van der Waals surface area (Å²) in [6, 6.07) is 0. The van der Waals surface area contributed by atoms with Crippen molar-refractivity contribution in [3.8, 4) is 0 Å². The minimum absolute atomic E-state index is 0.167. The number of carboxylic acid groups (broad SMARTS) is 1. The average molecular weight is 181 g/mol. The molecule has 0 aliphatic carbocycles. The zero-order valence-electron chi connectivity index (χ0n) is 6.34. The molecule has 5 heteroatoms. The second-order valence-electron chi connectivity index (χ2n) is 2.34. The zero-order chi connectivity index (χ0) is 8.91. The van der Waals surface area contributed by atoms with Crippen LogP contribution in [0, 0.1) is 0 Å². The molecule has 0 aliphatic rings. The fraction of sp³-hybridized carbons (Fsp3) is 0.833. The van der Waals surface area contributed by atoms with Gasteiger partial charge in [0.15, 0.2) is 0 Å². The number of rotatable bonds is 5. The quantitative estimate of drug-likeness (QED) is 0.648. The fourth-order valence-electron chi connectivity index (χ4n) is 0.515. The molecule has 0 saturated carbocycles. The largest absolute Gasteiger partial charge is 0.480 e. The summed E-state index contributed by atoms with van der Waals surface area (Å²) in [4.78, 5) is 10.4. The monoisotopic (exact) mass is 181 g/mol. The lowest BCUT2D eigenvalue weighted by atomic mass is 10.0. The SMILES string of the molecule is CSCCC(N)(CF)C(=O)O. The second kappa shape index (κ2) is 4.56. The van der Waals surface area contributed by atoms with Crippen molar-refractivity contribution in [2.24, 2.45) is 5.73 Å².